The van der Waals surface area contributed by atoms with Crippen LogP contribution in [-0.4, -0.2) is 88.2 Å². The number of carbonyl (C=O) groups excluding carboxylic acids is 2. The molecule has 3 saturated heterocycles. The highest BCUT2D eigenvalue weighted by Gasteiger charge is 2.33. The molecule has 1 unspecified atom stereocenters. The van der Waals surface area contributed by atoms with Crippen LogP contribution in [0.15, 0.2) is 12.1 Å². The molecule has 1 aromatic carbocycles. The quantitative estimate of drug-likeness (QED) is 0.617. The van der Waals surface area contributed by atoms with Crippen molar-refractivity contribution in [3.63, 3.8) is 0 Å². The summed E-state index contributed by atoms with van der Waals surface area (Å²) in [6.45, 7) is 9.65. The number of H-pyrrole nitrogens is 1. The number of benzene rings is 1. The molecule has 0 saturated carbocycles. The third kappa shape index (κ3) is 5.95. The summed E-state index contributed by atoms with van der Waals surface area (Å²) in [4.78, 5) is 33.6. The molecule has 3 aliphatic heterocycles. The van der Waals surface area contributed by atoms with E-state index in [0.717, 1.165) is 80.4 Å². The lowest BCUT2D eigenvalue weighted by Gasteiger charge is -2.41. The van der Waals surface area contributed by atoms with Gasteiger partial charge in [-0.1, -0.05) is 19.4 Å². The van der Waals surface area contributed by atoms with Crippen molar-refractivity contribution < 1.29 is 9.59 Å². The Hall–Kier alpha value is -2.61. The van der Waals surface area contributed by atoms with E-state index in [1.165, 1.54) is 44.3 Å². The number of urea groups is 1. The van der Waals surface area contributed by atoms with Crippen molar-refractivity contribution in [2.24, 2.45) is 0 Å². The fraction of sp³-hybridized carbons (Fsp3) is 0.690. The SMILES string of the molecule is CCc1cc(CC(NC(=O)N2CCCCC2)C(=O)N2CCC(N3CCCCC3)CC2)cc2c(C)[nH]nc12. The van der Waals surface area contributed by atoms with Gasteiger partial charge in [-0.15, -0.1) is 0 Å². The predicted molar refractivity (Wildman–Crippen MR) is 147 cm³/mol. The first kappa shape index (κ1) is 26.0. The summed E-state index contributed by atoms with van der Waals surface area (Å²) in [5, 5.41) is 11.9. The lowest BCUT2D eigenvalue weighted by molar-refractivity contribution is -0.134. The van der Waals surface area contributed by atoms with Crippen LogP contribution in [-0.2, 0) is 17.6 Å². The number of rotatable bonds is 6. The van der Waals surface area contributed by atoms with Gasteiger partial charge >= 0.3 is 6.03 Å². The van der Waals surface area contributed by atoms with Crippen molar-refractivity contribution in [1.29, 1.82) is 0 Å². The van der Waals surface area contributed by atoms with Crippen molar-refractivity contribution >= 4 is 22.8 Å². The summed E-state index contributed by atoms with van der Waals surface area (Å²) in [6.07, 6.45) is 10.6. The first-order valence-electron chi connectivity index (χ1n) is 14.6. The van der Waals surface area contributed by atoms with E-state index >= 15 is 0 Å². The number of nitrogens with one attached hydrogen (secondary N) is 2. The van der Waals surface area contributed by atoms with Gasteiger partial charge in [-0.3, -0.25) is 9.89 Å². The van der Waals surface area contributed by atoms with Crippen molar-refractivity contribution in [2.75, 3.05) is 39.3 Å². The minimum absolute atomic E-state index is 0.0597. The maximum atomic E-state index is 13.9. The van der Waals surface area contributed by atoms with Gasteiger partial charge in [0, 0.05) is 49.7 Å². The lowest BCUT2D eigenvalue weighted by Crippen LogP contribution is -2.56. The van der Waals surface area contributed by atoms with Crippen LogP contribution in [0.2, 0.25) is 0 Å². The molecule has 0 bridgehead atoms. The molecule has 37 heavy (non-hydrogen) atoms. The van der Waals surface area contributed by atoms with E-state index in [0.29, 0.717) is 12.5 Å². The summed E-state index contributed by atoms with van der Waals surface area (Å²) in [7, 11) is 0. The van der Waals surface area contributed by atoms with E-state index in [9.17, 15) is 9.59 Å². The van der Waals surface area contributed by atoms with Crippen LogP contribution in [0.1, 0.15) is 75.1 Å². The minimum atomic E-state index is -0.560. The van der Waals surface area contributed by atoms with E-state index < -0.39 is 6.04 Å². The number of fused-ring (bicyclic) bond motifs is 1. The second-order valence-electron chi connectivity index (χ2n) is 11.3. The number of likely N-dealkylation sites (tertiary alicyclic amines) is 3. The second kappa shape index (κ2) is 11.8. The van der Waals surface area contributed by atoms with E-state index in [-0.39, 0.29) is 11.9 Å². The van der Waals surface area contributed by atoms with Gasteiger partial charge < -0.3 is 20.0 Å². The fourth-order valence-corrected chi connectivity index (χ4v) is 6.49. The first-order chi connectivity index (χ1) is 18.0. The van der Waals surface area contributed by atoms with Crippen molar-refractivity contribution in [1.82, 2.24) is 30.2 Å². The number of carbonyl (C=O) groups is 2. The van der Waals surface area contributed by atoms with Gasteiger partial charge in [0.2, 0.25) is 5.91 Å². The zero-order chi connectivity index (χ0) is 25.8. The van der Waals surface area contributed by atoms with Crippen LogP contribution in [0.3, 0.4) is 0 Å². The van der Waals surface area contributed by atoms with Crippen molar-refractivity contribution in [2.45, 2.75) is 90.1 Å². The van der Waals surface area contributed by atoms with E-state index in [1.54, 1.807) is 0 Å². The Morgan fingerprint density at radius 2 is 1.65 bits per heavy atom. The highest BCUT2D eigenvalue weighted by molar-refractivity contribution is 5.88. The highest BCUT2D eigenvalue weighted by atomic mass is 16.2. The third-order valence-corrected chi connectivity index (χ3v) is 8.73. The fourth-order valence-electron chi connectivity index (χ4n) is 6.49. The normalized spacial score (nSPS) is 20.8. The Morgan fingerprint density at radius 1 is 0.973 bits per heavy atom. The predicted octanol–water partition coefficient (Wildman–Crippen LogP) is 4.02. The first-order valence-corrected chi connectivity index (χ1v) is 14.6. The average Bonchev–Trinajstić information content (AvgIpc) is 3.33. The van der Waals surface area contributed by atoms with E-state index in [1.807, 2.05) is 16.7 Å². The molecule has 1 atom stereocenters. The molecule has 2 N–H and O–H groups in total. The van der Waals surface area contributed by atoms with Gasteiger partial charge in [-0.2, -0.15) is 5.10 Å². The number of hydrogen-bond donors (Lipinski definition) is 2. The molecule has 3 fully saturated rings. The van der Waals surface area contributed by atoms with Crippen molar-refractivity contribution in [3.8, 4) is 0 Å². The number of aryl methyl sites for hydroxylation is 2. The maximum absolute atomic E-state index is 13.9. The number of amides is 3. The molecule has 2 aromatic rings. The van der Waals surface area contributed by atoms with Crippen LogP contribution in [0.5, 0.6) is 0 Å². The van der Waals surface area contributed by atoms with Crippen LogP contribution >= 0.6 is 0 Å². The molecule has 0 aliphatic carbocycles. The summed E-state index contributed by atoms with van der Waals surface area (Å²) in [5.41, 5.74) is 4.29. The number of hydrogen-bond acceptors (Lipinski definition) is 4. The van der Waals surface area contributed by atoms with Crippen LogP contribution in [0, 0.1) is 6.92 Å². The molecule has 0 radical (unpaired) electrons. The molecule has 1 aromatic heterocycles. The van der Waals surface area contributed by atoms with Crippen molar-refractivity contribution in [3.05, 3.63) is 29.0 Å². The smallest absolute Gasteiger partial charge is 0.318 e. The van der Waals surface area contributed by atoms with Crippen LogP contribution in [0.4, 0.5) is 4.79 Å². The van der Waals surface area contributed by atoms with Crippen LogP contribution in [0.25, 0.3) is 10.9 Å². The largest absolute Gasteiger partial charge is 0.341 e. The Bertz CT molecular complexity index is 1080. The average molecular weight is 509 g/mol. The Kier molecular flexibility index (Phi) is 8.33. The Labute approximate surface area is 221 Å². The van der Waals surface area contributed by atoms with Gasteiger partial charge in [0.05, 0.1) is 5.52 Å². The number of aromatic nitrogens is 2. The second-order valence-corrected chi connectivity index (χ2v) is 11.3. The minimum Gasteiger partial charge on any atom is -0.341 e. The summed E-state index contributed by atoms with van der Waals surface area (Å²) >= 11 is 0. The van der Waals surface area contributed by atoms with Gasteiger partial charge in [-0.05, 0) is 88.6 Å². The highest BCUT2D eigenvalue weighted by Crippen LogP contribution is 2.25. The summed E-state index contributed by atoms with van der Waals surface area (Å²) < 4.78 is 0. The maximum Gasteiger partial charge on any atom is 0.318 e. The number of nitrogens with zero attached hydrogens (tertiary/aromatic N) is 4. The molecule has 4 heterocycles. The lowest BCUT2D eigenvalue weighted by atomic mass is 9.96. The zero-order valence-corrected chi connectivity index (χ0v) is 22.7. The molecule has 5 rings (SSSR count). The van der Waals surface area contributed by atoms with Gasteiger partial charge in [0.15, 0.2) is 0 Å². The molecule has 0 spiro atoms. The molecular weight excluding hydrogens is 464 g/mol. The molecule has 8 nitrogen and oxygen atoms in total. The van der Waals surface area contributed by atoms with E-state index in [2.05, 4.69) is 39.5 Å². The summed E-state index contributed by atoms with van der Waals surface area (Å²) in [6, 6.07) is 4.24. The van der Waals surface area contributed by atoms with Crippen LogP contribution < -0.4 is 5.32 Å². The topological polar surface area (TPSA) is 84.6 Å². The van der Waals surface area contributed by atoms with E-state index in [4.69, 9.17) is 0 Å². The number of aromatic amines is 1. The standard InChI is InChI=1S/C29H44N6O2/c1-3-23-18-22(19-25-21(2)31-32-27(23)25)20-26(30-29(37)35-14-8-5-9-15-35)28(36)34-16-10-24(11-17-34)33-12-6-4-7-13-33/h18-19,24,26H,3-17,20H2,1-2H3,(H,30,37)(H,31,32). The molecule has 3 amide bonds. The molecular formula is C29H44N6O2. The number of piperidine rings is 3. The Morgan fingerprint density at radius 3 is 2.32 bits per heavy atom. The molecule has 8 heteroatoms. The zero-order valence-electron chi connectivity index (χ0n) is 22.7. The van der Waals surface area contributed by atoms with Gasteiger partial charge in [-0.25, -0.2) is 4.79 Å². The summed E-state index contributed by atoms with van der Waals surface area (Å²) in [5.74, 6) is 0.0597. The molecule has 202 valence electrons. The van der Waals surface area contributed by atoms with Gasteiger partial charge in [0.1, 0.15) is 6.04 Å². The molecule has 3 aliphatic rings. The third-order valence-electron chi connectivity index (χ3n) is 8.73. The van der Waals surface area contributed by atoms with Gasteiger partial charge in [0.25, 0.3) is 0 Å². The Balaban J connectivity index is 1.32. The monoisotopic (exact) mass is 508 g/mol.